The van der Waals surface area contributed by atoms with Gasteiger partial charge in [0, 0.05) is 29.5 Å². The zero-order chi connectivity index (χ0) is 14.2. The first kappa shape index (κ1) is 14.0. The smallest absolute Gasteiger partial charge is 0.265 e. The molecule has 7 heteroatoms. The number of benzene rings is 1. The highest BCUT2D eigenvalue weighted by Crippen LogP contribution is 2.33. The SMILES string of the molecule is CC1CS(=O)(=O)CCN1c1ccc(N)cc1C(F)F. The Hall–Kier alpha value is -1.37. The maximum absolute atomic E-state index is 13.0. The van der Waals surface area contributed by atoms with Crippen molar-refractivity contribution < 1.29 is 17.2 Å². The van der Waals surface area contributed by atoms with Crippen molar-refractivity contribution in [1.29, 1.82) is 0 Å². The van der Waals surface area contributed by atoms with Crippen molar-refractivity contribution >= 4 is 21.2 Å². The number of hydrogen-bond acceptors (Lipinski definition) is 4. The minimum atomic E-state index is -3.07. The summed E-state index contributed by atoms with van der Waals surface area (Å²) < 4.78 is 49.1. The van der Waals surface area contributed by atoms with E-state index in [0.717, 1.165) is 0 Å². The molecule has 2 N–H and O–H groups in total. The van der Waals surface area contributed by atoms with Crippen LogP contribution in [0.1, 0.15) is 18.9 Å². The maximum atomic E-state index is 13.0. The van der Waals surface area contributed by atoms with Gasteiger partial charge in [0.1, 0.15) is 0 Å². The van der Waals surface area contributed by atoms with E-state index >= 15 is 0 Å². The fourth-order valence-corrected chi connectivity index (χ4v) is 3.92. The van der Waals surface area contributed by atoms with Gasteiger partial charge in [0.2, 0.25) is 0 Å². The molecule has 1 fully saturated rings. The molecule has 1 unspecified atom stereocenters. The van der Waals surface area contributed by atoms with E-state index in [1.165, 1.54) is 12.1 Å². The number of nitrogens with zero attached hydrogens (tertiary/aromatic N) is 1. The third-order valence-electron chi connectivity index (χ3n) is 3.27. The van der Waals surface area contributed by atoms with Crippen LogP contribution in [0.15, 0.2) is 18.2 Å². The summed E-state index contributed by atoms with van der Waals surface area (Å²) in [6, 6.07) is 4.01. The molecule has 0 spiro atoms. The summed E-state index contributed by atoms with van der Waals surface area (Å²) in [5.74, 6) is -0.0234. The molecule has 1 heterocycles. The molecule has 0 amide bonds. The lowest BCUT2D eigenvalue weighted by atomic mass is 10.1. The summed E-state index contributed by atoms with van der Waals surface area (Å²) in [7, 11) is -3.07. The number of nitrogen functional groups attached to an aromatic ring is 1. The summed E-state index contributed by atoms with van der Waals surface area (Å²) in [6.07, 6.45) is -2.63. The van der Waals surface area contributed by atoms with Crippen LogP contribution >= 0.6 is 0 Å². The quantitative estimate of drug-likeness (QED) is 0.844. The van der Waals surface area contributed by atoms with Gasteiger partial charge >= 0.3 is 0 Å². The Labute approximate surface area is 111 Å². The molecule has 106 valence electrons. The van der Waals surface area contributed by atoms with Crippen molar-refractivity contribution in [3.63, 3.8) is 0 Å². The van der Waals surface area contributed by atoms with Crippen LogP contribution in [0.5, 0.6) is 0 Å². The van der Waals surface area contributed by atoms with Crippen molar-refractivity contribution in [3.8, 4) is 0 Å². The first-order valence-corrected chi connectivity index (χ1v) is 7.77. The van der Waals surface area contributed by atoms with Crippen LogP contribution in [0.25, 0.3) is 0 Å². The maximum Gasteiger partial charge on any atom is 0.265 e. The predicted molar refractivity (Wildman–Crippen MR) is 71.3 cm³/mol. The van der Waals surface area contributed by atoms with Crippen LogP contribution in [-0.4, -0.2) is 32.5 Å². The molecule has 0 bridgehead atoms. The van der Waals surface area contributed by atoms with Gasteiger partial charge in [-0.05, 0) is 25.1 Å². The van der Waals surface area contributed by atoms with E-state index in [0.29, 0.717) is 5.69 Å². The molecule has 4 nitrogen and oxygen atoms in total. The largest absolute Gasteiger partial charge is 0.399 e. The molecule has 0 aromatic heterocycles. The van der Waals surface area contributed by atoms with Crippen molar-refractivity contribution in [2.45, 2.75) is 19.4 Å². The predicted octanol–water partition coefficient (Wildman–Crippen LogP) is 1.83. The number of anilines is 2. The molecule has 2 rings (SSSR count). The van der Waals surface area contributed by atoms with Gasteiger partial charge in [0.15, 0.2) is 9.84 Å². The first-order valence-electron chi connectivity index (χ1n) is 5.95. The highest BCUT2D eigenvalue weighted by Gasteiger charge is 2.30. The second kappa shape index (κ2) is 4.96. The molecule has 1 saturated heterocycles. The van der Waals surface area contributed by atoms with Gasteiger partial charge in [-0.2, -0.15) is 0 Å². The molecule has 0 radical (unpaired) electrons. The molecule has 1 aromatic carbocycles. The number of hydrogen-bond donors (Lipinski definition) is 1. The highest BCUT2D eigenvalue weighted by molar-refractivity contribution is 7.91. The second-order valence-electron chi connectivity index (χ2n) is 4.78. The average molecular weight is 290 g/mol. The van der Waals surface area contributed by atoms with E-state index in [1.54, 1.807) is 17.9 Å². The molecule has 1 aliphatic rings. The van der Waals surface area contributed by atoms with E-state index in [-0.39, 0.29) is 35.3 Å². The number of rotatable bonds is 2. The van der Waals surface area contributed by atoms with E-state index in [4.69, 9.17) is 5.73 Å². The lowest BCUT2D eigenvalue weighted by molar-refractivity contribution is 0.152. The fourth-order valence-electron chi connectivity index (χ4n) is 2.37. The van der Waals surface area contributed by atoms with Gasteiger partial charge in [-0.3, -0.25) is 0 Å². The number of alkyl halides is 2. The highest BCUT2D eigenvalue weighted by atomic mass is 32.2. The van der Waals surface area contributed by atoms with Crippen LogP contribution < -0.4 is 10.6 Å². The van der Waals surface area contributed by atoms with E-state index in [2.05, 4.69) is 0 Å². The molecule has 0 saturated carbocycles. The Bertz CT molecular complexity index is 575. The minimum Gasteiger partial charge on any atom is -0.399 e. The van der Waals surface area contributed by atoms with E-state index < -0.39 is 16.3 Å². The Kier molecular flexibility index (Phi) is 3.66. The third kappa shape index (κ3) is 2.97. The molecule has 1 atom stereocenters. The average Bonchev–Trinajstić information content (AvgIpc) is 2.28. The standard InChI is InChI=1S/C12H16F2N2O2S/c1-8-7-19(17,18)5-4-16(8)11-3-2-9(15)6-10(11)12(13)14/h2-3,6,8,12H,4-5,7,15H2,1H3. The van der Waals surface area contributed by atoms with Gasteiger partial charge in [0.05, 0.1) is 11.5 Å². The molecule has 1 aromatic rings. The topological polar surface area (TPSA) is 63.4 Å². The summed E-state index contributed by atoms with van der Waals surface area (Å²) >= 11 is 0. The van der Waals surface area contributed by atoms with Crippen LogP contribution in [-0.2, 0) is 9.84 Å². The van der Waals surface area contributed by atoms with Gasteiger partial charge in [0.25, 0.3) is 6.43 Å². The minimum absolute atomic E-state index is 0.00953. The van der Waals surface area contributed by atoms with Crippen LogP contribution in [0.2, 0.25) is 0 Å². The summed E-state index contributed by atoms with van der Waals surface area (Å²) in [5.41, 5.74) is 6.02. The molecular formula is C12H16F2N2O2S. The van der Waals surface area contributed by atoms with Crippen molar-refractivity contribution in [1.82, 2.24) is 0 Å². The van der Waals surface area contributed by atoms with Crippen molar-refractivity contribution in [2.75, 3.05) is 28.7 Å². The fraction of sp³-hybridized carbons (Fsp3) is 0.500. The van der Waals surface area contributed by atoms with Crippen LogP contribution in [0, 0.1) is 0 Å². The molecule has 1 aliphatic heterocycles. The summed E-state index contributed by atoms with van der Waals surface area (Å²) in [4.78, 5) is 1.71. The Balaban J connectivity index is 2.37. The van der Waals surface area contributed by atoms with Gasteiger partial charge in [-0.25, -0.2) is 17.2 Å². The monoisotopic (exact) mass is 290 g/mol. The Morgan fingerprint density at radius 1 is 1.42 bits per heavy atom. The van der Waals surface area contributed by atoms with Gasteiger partial charge in [-0.1, -0.05) is 0 Å². The Morgan fingerprint density at radius 3 is 2.68 bits per heavy atom. The summed E-state index contributed by atoms with van der Waals surface area (Å²) in [6.45, 7) is 1.95. The molecule has 0 aliphatic carbocycles. The normalized spacial score (nSPS) is 22.7. The lowest BCUT2D eigenvalue weighted by Crippen LogP contribution is -2.47. The van der Waals surface area contributed by atoms with Crippen molar-refractivity contribution in [2.24, 2.45) is 0 Å². The zero-order valence-electron chi connectivity index (χ0n) is 10.5. The summed E-state index contributed by atoms with van der Waals surface area (Å²) in [5, 5.41) is 0. The van der Waals surface area contributed by atoms with E-state index in [1.807, 2.05) is 0 Å². The van der Waals surface area contributed by atoms with Crippen molar-refractivity contribution in [3.05, 3.63) is 23.8 Å². The van der Waals surface area contributed by atoms with E-state index in [9.17, 15) is 17.2 Å². The molecular weight excluding hydrogens is 274 g/mol. The zero-order valence-corrected chi connectivity index (χ0v) is 11.3. The van der Waals surface area contributed by atoms with Gasteiger partial charge in [-0.15, -0.1) is 0 Å². The number of nitrogens with two attached hydrogens (primary N) is 1. The van der Waals surface area contributed by atoms with Crippen LogP contribution in [0.4, 0.5) is 20.2 Å². The number of halogens is 2. The van der Waals surface area contributed by atoms with Crippen LogP contribution in [0.3, 0.4) is 0 Å². The van der Waals surface area contributed by atoms with Gasteiger partial charge < -0.3 is 10.6 Å². The first-order chi connectivity index (χ1) is 8.80. The second-order valence-corrected chi connectivity index (χ2v) is 7.00. The Morgan fingerprint density at radius 2 is 2.11 bits per heavy atom. The number of sulfone groups is 1. The third-order valence-corrected chi connectivity index (χ3v) is 5.06. The lowest BCUT2D eigenvalue weighted by Gasteiger charge is -2.36. The molecule has 19 heavy (non-hydrogen) atoms.